The average molecular weight is 292 g/mol. The summed E-state index contributed by atoms with van der Waals surface area (Å²) >= 11 is 0. The van der Waals surface area contributed by atoms with E-state index in [1.807, 2.05) is 0 Å². The van der Waals surface area contributed by atoms with E-state index >= 15 is 0 Å². The maximum atomic E-state index is 11.4. The van der Waals surface area contributed by atoms with Crippen molar-refractivity contribution in [2.45, 2.75) is 45.4 Å². The minimum atomic E-state index is -0.250. The van der Waals surface area contributed by atoms with Crippen molar-refractivity contribution in [1.29, 1.82) is 0 Å². The number of ether oxygens (including phenoxy) is 1. The van der Waals surface area contributed by atoms with Gasteiger partial charge < -0.3 is 9.84 Å². The lowest BCUT2D eigenvalue weighted by Crippen LogP contribution is -2.25. The molecule has 0 heterocycles. The zero-order chi connectivity index (χ0) is 15.0. The van der Waals surface area contributed by atoms with Gasteiger partial charge in [-0.1, -0.05) is 6.58 Å². The van der Waals surface area contributed by atoms with Crippen LogP contribution < -0.4 is 0 Å². The first-order chi connectivity index (χ1) is 10.1. The molecule has 1 N–H and O–H groups in total. The molecule has 0 amide bonds. The van der Waals surface area contributed by atoms with Gasteiger partial charge in [0.2, 0.25) is 0 Å². The summed E-state index contributed by atoms with van der Waals surface area (Å²) in [5, 5.41) is 9.15. The standard InChI is InChI=1S/C18H28O3/c1-11(2)18(20)21-6-4-13-9-14-10-16(13)17-8-12(3-5-19)7-15(14)17/h12-17,19H,1,3-10H2,2H3. The highest BCUT2D eigenvalue weighted by Crippen LogP contribution is 2.63. The van der Waals surface area contributed by atoms with Crippen LogP contribution in [0, 0.1) is 35.5 Å². The van der Waals surface area contributed by atoms with Gasteiger partial charge in [-0.25, -0.2) is 4.79 Å². The SMILES string of the molecule is C=C(C)C(=O)OCCC1CC2CC1C1CC(CCO)CC21. The molecule has 0 aromatic heterocycles. The van der Waals surface area contributed by atoms with Crippen LogP contribution in [0.15, 0.2) is 12.2 Å². The second-order valence-electron chi connectivity index (χ2n) is 7.54. The molecule has 118 valence electrons. The first-order valence-electron chi connectivity index (χ1n) is 8.53. The Hall–Kier alpha value is -0.830. The van der Waals surface area contributed by atoms with Gasteiger partial charge >= 0.3 is 5.97 Å². The fraction of sp³-hybridized carbons (Fsp3) is 0.833. The molecule has 0 spiro atoms. The van der Waals surface area contributed by atoms with E-state index in [0.29, 0.717) is 18.8 Å². The fourth-order valence-corrected chi connectivity index (χ4v) is 5.50. The Balaban J connectivity index is 1.48. The number of fused-ring (bicyclic) bond motifs is 5. The Labute approximate surface area is 127 Å². The molecule has 3 heteroatoms. The van der Waals surface area contributed by atoms with Crippen LogP contribution in [0.25, 0.3) is 0 Å². The van der Waals surface area contributed by atoms with E-state index in [1.54, 1.807) is 6.92 Å². The zero-order valence-corrected chi connectivity index (χ0v) is 13.1. The van der Waals surface area contributed by atoms with Crippen molar-refractivity contribution in [3.63, 3.8) is 0 Å². The van der Waals surface area contributed by atoms with Crippen molar-refractivity contribution in [2.75, 3.05) is 13.2 Å². The molecule has 0 aromatic carbocycles. The molecule has 0 aromatic rings. The first kappa shape index (κ1) is 15.1. The molecule has 21 heavy (non-hydrogen) atoms. The molecule has 0 saturated heterocycles. The summed E-state index contributed by atoms with van der Waals surface area (Å²) in [4.78, 5) is 11.4. The summed E-state index contributed by atoms with van der Waals surface area (Å²) in [5.74, 6) is 4.85. The van der Waals surface area contributed by atoms with Gasteiger partial charge in [-0.15, -0.1) is 0 Å². The summed E-state index contributed by atoms with van der Waals surface area (Å²) in [6.07, 6.45) is 7.43. The van der Waals surface area contributed by atoms with Crippen molar-refractivity contribution in [2.24, 2.45) is 35.5 Å². The number of carbonyl (C=O) groups is 1. The van der Waals surface area contributed by atoms with E-state index in [4.69, 9.17) is 9.84 Å². The number of esters is 1. The Morgan fingerprint density at radius 1 is 1.14 bits per heavy atom. The molecule has 3 aliphatic carbocycles. The summed E-state index contributed by atoms with van der Waals surface area (Å²) in [5.41, 5.74) is 0.491. The minimum absolute atomic E-state index is 0.250. The quantitative estimate of drug-likeness (QED) is 0.604. The lowest BCUT2D eigenvalue weighted by atomic mass is 9.75. The number of aliphatic hydroxyl groups is 1. The normalized spacial score (nSPS) is 40.3. The van der Waals surface area contributed by atoms with Gasteiger partial charge in [-0.3, -0.25) is 0 Å². The first-order valence-corrected chi connectivity index (χ1v) is 8.53. The van der Waals surface area contributed by atoms with Crippen molar-refractivity contribution < 1.29 is 14.6 Å². The van der Waals surface area contributed by atoms with Gasteiger partial charge in [0.1, 0.15) is 0 Å². The third kappa shape index (κ3) is 2.90. The van der Waals surface area contributed by atoms with Gasteiger partial charge in [-0.05, 0) is 81.0 Å². The molecule has 3 saturated carbocycles. The highest BCUT2D eigenvalue weighted by Gasteiger charge is 2.55. The van der Waals surface area contributed by atoms with Crippen molar-refractivity contribution in [3.8, 4) is 0 Å². The zero-order valence-electron chi connectivity index (χ0n) is 13.1. The van der Waals surface area contributed by atoms with Crippen LogP contribution >= 0.6 is 0 Å². The maximum Gasteiger partial charge on any atom is 0.333 e. The molecule has 3 fully saturated rings. The van der Waals surface area contributed by atoms with Crippen LogP contribution in [0.4, 0.5) is 0 Å². The van der Waals surface area contributed by atoms with E-state index in [1.165, 1.54) is 25.7 Å². The second kappa shape index (κ2) is 6.12. The molecule has 2 bridgehead atoms. The number of rotatable bonds is 6. The van der Waals surface area contributed by atoms with Crippen LogP contribution in [0.1, 0.15) is 45.4 Å². The lowest BCUT2D eigenvalue weighted by Gasteiger charge is -2.31. The smallest absolute Gasteiger partial charge is 0.333 e. The molecular weight excluding hydrogens is 264 g/mol. The van der Waals surface area contributed by atoms with E-state index in [2.05, 4.69) is 6.58 Å². The monoisotopic (exact) mass is 292 g/mol. The molecule has 3 aliphatic rings. The molecule has 6 atom stereocenters. The Bertz CT molecular complexity index is 417. The van der Waals surface area contributed by atoms with Gasteiger partial charge in [0, 0.05) is 12.2 Å². The number of aliphatic hydroxyl groups excluding tert-OH is 1. The molecular formula is C18H28O3. The average Bonchev–Trinajstić information content (AvgIpc) is 3.09. The van der Waals surface area contributed by atoms with Crippen LogP contribution in [0.2, 0.25) is 0 Å². The summed E-state index contributed by atoms with van der Waals surface area (Å²) in [6.45, 7) is 6.22. The van der Waals surface area contributed by atoms with Crippen molar-refractivity contribution >= 4 is 5.97 Å². The number of carbonyl (C=O) groups excluding carboxylic acids is 1. The molecule has 3 nitrogen and oxygen atoms in total. The van der Waals surface area contributed by atoms with Crippen LogP contribution in [0.5, 0.6) is 0 Å². The predicted octanol–water partition coefficient (Wildman–Crippen LogP) is 3.18. The molecule has 3 rings (SSSR count). The molecule has 0 aliphatic heterocycles. The van der Waals surface area contributed by atoms with E-state index in [-0.39, 0.29) is 5.97 Å². The van der Waals surface area contributed by atoms with Crippen molar-refractivity contribution in [3.05, 3.63) is 12.2 Å². The third-order valence-electron chi connectivity index (χ3n) is 6.31. The molecule has 0 radical (unpaired) electrons. The third-order valence-corrected chi connectivity index (χ3v) is 6.31. The van der Waals surface area contributed by atoms with Gasteiger partial charge in [0.25, 0.3) is 0 Å². The Kier molecular flexibility index (Phi) is 4.39. The summed E-state index contributed by atoms with van der Waals surface area (Å²) in [7, 11) is 0. The highest BCUT2D eigenvalue weighted by atomic mass is 16.5. The Morgan fingerprint density at radius 3 is 2.62 bits per heavy atom. The largest absolute Gasteiger partial charge is 0.462 e. The maximum absolute atomic E-state index is 11.4. The molecule has 6 unspecified atom stereocenters. The van der Waals surface area contributed by atoms with E-state index in [0.717, 1.165) is 48.3 Å². The number of hydrogen-bond acceptors (Lipinski definition) is 3. The van der Waals surface area contributed by atoms with Crippen LogP contribution in [-0.2, 0) is 9.53 Å². The Morgan fingerprint density at radius 2 is 1.90 bits per heavy atom. The van der Waals surface area contributed by atoms with Crippen LogP contribution in [-0.4, -0.2) is 24.3 Å². The van der Waals surface area contributed by atoms with Crippen molar-refractivity contribution in [1.82, 2.24) is 0 Å². The summed E-state index contributed by atoms with van der Waals surface area (Å²) in [6, 6.07) is 0. The highest BCUT2D eigenvalue weighted by molar-refractivity contribution is 5.86. The second-order valence-corrected chi connectivity index (χ2v) is 7.54. The minimum Gasteiger partial charge on any atom is -0.462 e. The number of hydrogen-bond donors (Lipinski definition) is 1. The summed E-state index contributed by atoms with van der Waals surface area (Å²) < 4.78 is 5.27. The predicted molar refractivity (Wildman–Crippen MR) is 81.5 cm³/mol. The van der Waals surface area contributed by atoms with Gasteiger partial charge in [0.05, 0.1) is 6.61 Å². The van der Waals surface area contributed by atoms with Gasteiger partial charge in [-0.2, -0.15) is 0 Å². The topological polar surface area (TPSA) is 46.5 Å². The van der Waals surface area contributed by atoms with E-state index in [9.17, 15) is 4.79 Å². The van der Waals surface area contributed by atoms with Crippen LogP contribution in [0.3, 0.4) is 0 Å². The lowest BCUT2D eigenvalue weighted by molar-refractivity contribution is -0.139. The van der Waals surface area contributed by atoms with E-state index < -0.39 is 0 Å². The van der Waals surface area contributed by atoms with Gasteiger partial charge in [0.15, 0.2) is 0 Å². The fourth-order valence-electron chi connectivity index (χ4n) is 5.50.